The molecule has 1 heterocycles. The fraction of sp³-hybridized carbons (Fsp3) is 0.240. The van der Waals surface area contributed by atoms with Crippen molar-refractivity contribution < 1.29 is 45.0 Å². The van der Waals surface area contributed by atoms with E-state index < -0.39 is 67.9 Å². The molecule has 202 valence electrons. The minimum atomic E-state index is -4.81. The lowest BCUT2D eigenvalue weighted by atomic mass is 10.0. The Balaban J connectivity index is 1.86. The minimum absolute atomic E-state index is 0.0221. The average Bonchev–Trinajstić information content (AvgIpc) is 2.85. The number of carbonyl (C=O) groups is 1. The van der Waals surface area contributed by atoms with Crippen molar-refractivity contribution in [2.24, 2.45) is 5.92 Å². The number of hydrogen-bond donors (Lipinski definition) is 1. The monoisotopic (exact) mass is 575 g/mol. The molecule has 6 nitrogen and oxygen atoms in total. The van der Waals surface area contributed by atoms with Crippen LogP contribution in [0.15, 0.2) is 59.5 Å². The van der Waals surface area contributed by atoms with Crippen LogP contribution >= 0.6 is 11.6 Å². The molecule has 1 aliphatic rings. The Labute approximate surface area is 219 Å². The van der Waals surface area contributed by atoms with Crippen LogP contribution in [0.1, 0.15) is 18.9 Å². The number of carboxylic acids is 1. The maximum atomic E-state index is 14.1. The second-order valence-corrected chi connectivity index (χ2v) is 10.9. The van der Waals surface area contributed by atoms with Gasteiger partial charge in [0.15, 0.2) is 0 Å². The molecule has 13 heteroatoms. The smallest absolute Gasteiger partial charge is 0.416 e. The summed E-state index contributed by atoms with van der Waals surface area (Å²) < 4.78 is 102. The predicted molar refractivity (Wildman–Crippen MR) is 129 cm³/mol. The molecule has 0 spiro atoms. The highest BCUT2D eigenvalue weighted by Crippen LogP contribution is 2.43. The number of hydrogen-bond acceptors (Lipinski definition) is 4. The van der Waals surface area contributed by atoms with E-state index in [9.17, 15) is 40.3 Å². The molecule has 3 aromatic rings. The molecule has 0 bridgehead atoms. The molecule has 0 radical (unpaired) electrons. The zero-order valence-corrected chi connectivity index (χ0v) is 21.0. The number of nitrogens with zero attached hydrogens (tertiary/aromatic N) is 1. The number of anilines is 1. The SMILES string of the molecule is C[C@H](C[C@H]1CN(S(=O)(=O)c2cccc(C(F)(F)F)c2)c2cc(-c3cc(F)cc(F)c3Cl)ccc2O1)C(=O)O. The molecule has 0 unspecified atom stereocenters. The van der Waals surface area contributed by atoms with Crippen LogP contribution in [-0.2, 0) is 21.0 Å². The van der Waals surface area contributed by atoms with Gasteiger partial charge in [0.2, 0.25) is 0 Å². The Morgan fingerprint density at radius 3 is 2.53 bits per heavy atom. The van der Waals surface area contributed by atoms with Gasteiger partial charge in [-0.2, -0.15) is 13.2 Å². The van der Waals surface area contributed by atoms with Crippen LogP contribution < -0.4 is 9.04 Å². The molecular weight excluding hydrogens is 557 g/mol. The largest absolute Gasteiger partial charge is 0.486 e. The first-order valence-corrected chi connectivity index (χ1v) is 12.9. The van der Waals surface area contributed by atoms with Gasteiger partial charge in [-0.1, -0.05) is 30.7 Å². The molecule has 4 rings (SSSR count). The quantitative estimate of drug-likeness (QED) is 0.273. The number of fused-ring (bicyclic) bond motifs is 1. The van der Waals surface area contributed by atoms with Gasteiger partial charge in [-0.15, -0.1) is 0 Å². The fourth-order valence-corrected chi connectivity index (χ4v) is 5.81. The number of sulfonamides is 1. The van der Waals surface area contributed by atoms with Gasteiger partial charge in [-0.25, -0.2) is 17.2 Å². The topological polar surface area (TPSA) is 83.9 Å². The Morgan fingerprint density at radius 1 is 1.16 bits per heavy atom. The van der Waals surface area contributed by atoms with Gasteiger partial charge in [-0.3, -0.25) is 9.10 Å². The van der Waals surface area contributed by atoms with E-state index in [-0.39, 0.29) is 29.0 Å². The number of halogens is 6. The van der Waals surface area contributed by atoms with Crippen LogP contribution in [0, 0.1) is 17.6 Å². The second kappa shape index (κ2) is 10.1. The second-order valence-electron chi connectivity index (χ2n) is 8.71. The van der Waals surface area contributed by atoms with Crippen molar-refractivity contribution in [3.63, 3.8) is 0 Å². The van der Waals surface area contributed by atoms with Crippen molar-refractivity contribution in [2.45, 2.75) is 30.5 Å². The van der Waals surface area contributed by atoms with Crippen molar-refractivity contribution in [2.75, 3.05) is 10.8 Å². The third kappa shape index (κ3) is 5.41. The summed E-state index contributed by atoms with van der Waals surface area (Å²) in [6, 6.07) is 8.60. The zero-order valence-electron chi connectivity index (χ0n) is 19.5. The number of rotatable bonds is 6. The summed E-state index contributed by atoms with van der Waals surface area (Å²) in [5.74, 6) is -4.08. The lowest BCUT2D eigenvalue weighted by Crippen LogP contribution is -2.44. The standard InChI is InChI=1S/C25H19ClF5NO5S/c1-13(24(33)34)7-17-12-32(38(35,36)18-4-2-3-15(9-18)25(29,30)31)21-8-14(5-6-22(21)37-17)19-10-16(27)11-20(28)23(19)26/h2-6,8-11,13,17H,7,12H2,1H3,(H,33,34)/t13-,17+/m1/s1. The molecular formula is C25H19ClF5NO5S. The van der Waals surface area contributed by atoms with E-state index in [2.05, 4.69) is 0 Å². The lowest BCUT2D eigenvalue weighted by Gasteiger charge is -2.36. The molecule has 0 aliphatic carbocycles. The number of benzene rings is 3. The third-order valence-electron chi connectivity index (χ3n) is 5.98. The van der Waals surface area contributed by atoms with Crippen molar-refractivity contribution in [3.8, 4) is 16.9 Å². The van der Waals surface area contributed by atoms with Gasteiger partial charge in [-0.05, 0) is 48.4 Å². The molecule has 3 aromatic carbocycles. The first-order chi connectivity index (χ1) is 17.7. The van der Waals surface area contributed by atoms with Crippen LogP contribution in [0.4, 0.5) is 27.6 Å². The highest BCUT2D eigenvalue weighted by molar-refractivity contribution is 7.92. The van der Waals surface area contributed by atoms with Crippen molar-refractivity contribution in [1.29, 1.82) is 0 Å². The molecule has 0 saturated heterocycles. The summed E-state index contributed by atoms with van der Waals surface area (Å²) in [6.45, 7) is 0.967. The average molecular weight is 576 g/mol. The van der Waals surface area contributed by atoms with E-state index in [0.29, 0.717) is 12.1 Å². The molecule has 2 atom stereocenters. The van der Waals surface area contributed by atoms with Gasteiger partial charge >= 0.3 is 12.1 Å². The highest BCUT2D eigenvalue weighted by atomic mass is 35.5. The van der Waals surface area contributed by atoms with Crippen molar-refractivity contribution in [3.05, 3.63) is 76.8 Å². The lowest BCUT2D eigenvalue weighted by molar-refractivity contribution is -0.142. The van der Waals surface area contributed by atoms with Crippen LogP contribution in [-0.4, -0.2) is 32.1 Å². The van der Waals surface area contributed by atoms with Crippen LogP contribution in [0.5, 0.6) is 5.75 Å². The van der Waals surface area contributed by atoms with E-state index in [1.54, 1.807) is 0 Å². The predicted octanol–water partition coefficient (Wildman–Crippen LogP) is 6.37. The van der Waals surface area contributed by atoms with Gasteiger partial charge in [0, 0.05) is 11.6 Å². The Kier molecular flexibility index (Phi) is 7.32. The molecule has 38 heavy (non-hydrogen) atoms. The van der Waals surface area contributed by atoms with E-state index in [1.807, 2.05) is 0 Å². The molecule has 1 N–H and O–H groups in total. The van der Waals surface area contributed by atoms with E-state index in [0.717, 1.165) is 28.6 Å². The number of aliphatic carboxylic acids is 1. The summed E-state index contributed by atoms with van der Waals surface area (Å²) in [5, 5.41) is 8.86. The molecule has 0 amide bonds. The summed E-state index contributed by atoms with van der Waals surface area (Å²) in [4.78, 5) is 10.7. The first-order valence-electron chi connectivity index (χ1n) is 11.1. The van der Waals surface area contributed by atoms with Crippen molar-refractivity contribution >= 4 is 33.3 Å². The summed E-state index contributed by atoms with van der Waals surface area (Å²) in [5.41, 5.74) is -1.29. The van der Waals surface area contributed by atoms with Gasteiger partial charge < -0.3 is 9.84 Å². The van der Waals surface area contributed by atoms with E-state index in [1.165, 1.54) is 25.1 Å². The molecule has 0 saturated carbocycles. The highest BCUT2D eigenvalue weighted by Gasteiger charge is 2.38. The summed E-state index contributed by atoms with van der Waals surface area (Å²) in [7, 11) is -4.65. The molecule has 1 aliphatic heterocycles. The zero-order chi connectivity index (χ0) is 28.0. The minimum Gasteiger partial charge on any atom is -0.486 e. The Bertz CT molecular complexity index is 1510. The fourth-order valence-electron chi connectivity index (χ4n) is 4.05. The number of carboxylic acid groups (broad SMARTS) is 1. The maximum Gasteiger partial charge on any atom is 0.416 e. The first kappa shape index (κ1) is 27.6. The van der Waals surface area contributed by atoms with Crippen molar-refractivity contribution in [1.82, 2.24) is 0 Å². The van der Waals surface area contributed by atoms with Gasteiger partial charge in [0.05, 0.1) is 33.6 Å². The normalized spacial score (nSPS) is 16.5. The van der Waals surface area contributed by atoms with Crippen LogP contribution in [0.25, 0.3) is 11.1 Å². The van der Waals surface area contributed by atoms with E-state index in [4.69, 9.17) is 16.3 Å². The van der Waals surface area contributed by atoms with Crippen LogP contribution in [0.3, 0.4) is 0 Å². The molecule has 0 fully saturated rings. The maximum absolute atomic E-state index is 14.1. The Hall–Kier alpha value is -3.38. The summed E-state index contributed by atoms with van der Waals surface area (Å²) >= 11 is 6.01. The van der Waals surface area contributed by atoms with Crippen LogP contribution in [0.2, 0.25) is 5.02 Å². The molecule has 0 aromatic heterocycles. The third-order valence-corrected chi connectivity index (χ3v) is 8.14. The summed E-state index contributed by atoms with van der Waals surface area (Å²) in [6.07, 6.45) is -5.87. The van der Waals surface area contributed by atoms with Gasteiger partial charge in [0.25, 0.3) is 10.0 Å². The van der Waals surface area contributed by atoms with Gasteiger partial charge in [0.1, 0.15) is 23.5 Å². The number of ether oxygens (including phenoxy) is 1. The van der Waals surface area contributed by atoms with E-state index >= 15 is 0 Å². The number of alkyl halides is 3. The Morgan fingerprint density at radius 2 is 1.87 bits per heavy atom.